The summed E-state index contributed by atoms with van der Waals surface area (Å²) < 4.78 is 0. The Balaban J connectivity index is 2.40. The molecule has 0 radical (unpaired) electrons. The minimum atomic E-state index is 0.0692. The quantitative estimate of drug-likeness (QED) is 0.849. The van der Waals surface area contributed by atoms with E-state index in [1.165, 1.54) is 16.6 Å². The molecule has 2 aromatic rings. The van der Waals surface area contributed by atoms with Crippen molar-refractivity contribution in [3.05, 3.63) is 30.5 Å². The number of para-hydroxylation sites is 1. The third kappa shape index (κ3) is 2.15. The molecule has 0 saturated carbocycles. The summed E-state index contributed by atoms with van der Waals surface area (Å²) in [5, 5.41) is 1.26. The van der Waals surface area contributed by atoms with Crippen molar-refractivity contribution in [1.82, 2.24) is 4.98 Å². The monoisotopic (exact) mass is 231 g/mol. The van der Waals surface area contributed by atoms with Crippen molar-refractivity contribution >= 4 is 16.6 Å². The lowest BCUT2D eigenvalue weighted by molar-refractivity contribution is 0.457. The van der Waals surface area contributed by atoms with Gasteiger partial charge >= 0.3 is 0 Å². The Hall–Kier alpha value is -1.48. The predicted molar refractivity (Wildman–Crippen MR) is 74.5 cm³/mol. The van der Waals surface area contributed by atoms with Gasteiger partial charge in [-0.25, -0.2) is 0 Å². The molecule has 0 amide bonds. The number of aromatic amines is 1. The highest BCUT2D eigenvalue weighted by atomic mass is 15.2. The van der Waals surface area contributed by atoms with E-state index in [1.807, 2.05) is 6.07 Å². The van der Waals surface area contributed by atoms with Gasteiger partial charge in [0.15, 0.2) is 0 Å². The lowest BCUT2D eigenvalue weighted by Gasteiger charge is -2.37. The van der Waals surface area contributed by atoms with Crippen molar-refractivity contribution < 1.29 is 0 Å². The number of hydrogen-bond acceptors (Lipinski definition) is 2. The molecule has 0 unspecified atom stereocenters. The number of nitrogens with two attached hydrogens (primary N) is 1. The Labute approximate surface area is 103 Å². The molecule has 1 aromatic heterocycles. The fraction of sp³-hybridized carbons (Fsp3) is 0.429. The zero-order chi connectivity index (χ0) is 12.5. The lowest BCUT2D eigenvalue weighted by atomic mass is 9.98. The van der Waals surface area contributed by atoms with Crippen LogP contribution >= 0.6 is 0 Å². The van der Waals surface area contributed by atoms with Gasteiger partial charge in [0.05, 0.1) is 5.69 Å². The summed E-state index contributed by atoms with van der Waals surface area (Å²) in [6.45, 7) is 5.16. The fourth-order valence-corrected chi connectivity index (χ4v) is 2.18. The number of nitrogens with zero attached hydrogens (tertiary/aromatic N) is 1. The molecule has 1 aromatic carbocycles. The highest BCUT2D eigenvalue weighted by molar-refractivity contribution is 5.93. The Kier molecular flexibility index (Phi) is 3.11. The number of rotatable bonds is 4. The van der Waals surface area contributed by atoms with E-state index >= 15 is 0 Å². The van der Waals surface area contributed by atoms with Crippen LogP contribution in [0.3, 0.4) is 0 Å². The van der Waals surface area contributed by atoms with Gasteiger partial charge in [-0.15, -0.1) is 0 Å². The Morgan fingerprint density at radius 1 is 1.29 bits per heavy atom. The van der Waals surface area contributed by atoms with E-state index in [0.29, 0.717) is 6.54 Å². The van der Waals surface area contributed by atoms with Crippen LogP contribution in [0.25, 0.3) is 10.9 Å². The second kappa shape index (κ2) is 4.41. The van der Waals surface area contributed by atoms with Crippen LogP contribution in [0.2, 0.25) is 0 Å². The number of hydrogen-bond donors (Lipinski definition) is 2. The van der Waals surface area contributed by atoms with Gasteiger partial charge in [-0.05, 0) is 32.9 Å². The van der Waals surface area contributed by atoms with E-state index in [0.717, 1.165) is 6.42 Å². The van der Waals surface area contributed by atoms with Gasteiger partial charge in [0.25, 0.3) is 0 Å². The Morgan fingerprint density at radius 2 is 2.00 bits per heavy atom. The van der Waals surface area contributed by atoms with Gasteiger partial charge in [-0.2, -0.15) is 0 Å². The molecule has 1 heterocycles. The smallest absolute Gasteiger partial charge is 0.0625 e. The third-order valence-corrected chi connectivity index (χ3v) is 3.59. The lowest BCUT2D eigenvalue weighted by Crippen LogP contribution is -2.42. The first-order chi connectivity index (χ1) is 8.06. The maximum Gasteiger partial charge on any atom is 0.0625 e. The molecular weight excluding hydrogens is 210 g/mol. The zero-order valence-corrected chi connectivity index (χ0v) is 10.8. The number of nitrogens with one attached hydrogen (secondary N) is 1. The van der Waals surface area contributed by atoms with Crippen LogP contribution in [-0.4, -0.2) is 24.1 Å². The third-order valence-electron chi connectivity index (χ3n) is 3.59. The molecule has 0 spiro atoms. The summed E-state index contributed by atoms with van der Waals surface area (Å²) >= 11 is 0. The number of H-pyrrole nitrogens is 1. The van der Waals surface area contributed by atoms with E-state index in [9.17, 15) is 0 Å². The van der Waals surface area contributed by atoms with E-state index in [4.69, 9.17) is 5.73 Å². The van der Waals surface area contributed by atoms with Gasteiger partial charge in [-0.3, -0.25) is 0 Å². The summed E-state index contributed by atoms with van der Waals surface area (Å²) in [7, 11) is 2.13. The number of fused-ring (bicyclic) bond motifs is 1. The standard InChI is InChI=1S/C14H21N3/c1-14(2,8-9-15)17(3)13-10-16-12-7-5-4-6-11(12)13/h4-7,10,16H,8-9,15H2,1-3H3. The number of aromatic nitrogens is 1. The van der Waals surface area contributed by atoms with E-state index in [1.54, 1.807) is 0 Å². The molecule has 0 saturated heterocycles. The van der Waals surface area contributed by atoms with E-state index in [-0.39, 0.29) is 5.54 Å². The summed E-state index contributed by atoms with van der Waals surface area (Å²) in [4.78, 5) is 5.61. The average Bonchev–Trinajstić information content (AvgIpc) is 2.71. The van der Waals surface area contributed by atoms with Gasteiger partial charge in [0.1, 0.15) is 0 Å². The Bertz CT molecular complexity index is 499. The van der Waals surface area contributed by atoms with Crippen LogP contribution in [0.5, 0.6) is 0 Å². The average molecular weight is 231 g/mol. The number of benzene rings is 1. The fourth-order valence-electron chi connectivity index (χ4n) is 2.18. The SMILES string of the molecule is CN(c1c[nH]c2ccccc12)C(C)(C)CCN. The molecule has 0 bridgehead atoms. The minimum absolute atomic E-state index is 0.0692. The molecule has 0 fully saturated rings. The molecule has 0 atom stereocenters. The highest BCUT2D eigenvalue weighted by Gasteiger charge is 2.24. The predicted octanol–water partition coefficient (Wildman–Crippen LogP) is 2.73. The van der Waals surface area contributed by atoms with Crippen molar-refractivity contribution in [2.75, 3.05) is 18.5 Å². The summed E-state index contributed by atoms with van der Waals surface area (Å²) in [6.07, 6.45) is 3.05. The molecule has 0 aliphatic carbocycles. The van der Waals surface area contributed by atoms with Crippen LogP contribution in [0.15, 0.2) is 30.5 Å². The van der Waals surface area contributed by atoms with Gasteiger partial charge in [0.2, 0.25) is 0 Å². The van der Waals surface area contributed by atoms with Crippen molar-refractivity contribution in [2.45, 2.75) is 25.8 Å². The second-order valence-electron chi connectivity index (χ2n) is 5.13. The highest BCUT2D eigenvalue weighted by Crippen LogP contribution is 2.31. The van der Waals surface area contributed by atoms with Crippen LogP contribution in [0.4, 0.5) is 5.69 Å². The van der Waals surface area contributed by atoms with Crippen molar-refractivity contribution in [1.29, 1.82) is 0 Å². The first kappa shape index (κ1) is 12.0. The topological polar surface area (TPSA) is 45.0 Å². The number of anilines is 1. The molecule has 3 heteroatoms. The first-order valence-electron chi connectivity index (χ1n) is 6.06. The van der Waals surface area contributed by atoms with Crippen molar-refractivity contribution in [2.24, 2.45) is 5.73 Å². The minimum Gasteiger partial charge on any atom is -0.368 e. The van der Waals surface area contributed by atoms with Gasteiger partial charge < -0.3 is 15.6 Å². The molecule has 0 aliphatic rings. The molecule has 0 aliphatic heterocycles. The summed E-state index contributed by atoms with van der Waals surface area (Å²) in [6, 6.07) is 8.37. The van der Waals surface area contributed by atoms with Gasteiger partial charge in [-0.1, -0.05) is 18.2 Å². The molecular formula is C14H21N3. The molecule has 92 valence electrons. The van der Waals surface area contributed by atoms with Crippen LogP contribution in [0, 0.1) is 0 Å². The molecule has 3 N–H and O–H groups in total. The first-order valence-corrected chi connectivity index (χ1v) is 6.06. The van der Waals surface area contributed by atoms with E-state index < -0.39 is 0 Å². The maximum atomic E-state index is 5.68. The molecule has 2 rings (SSSR count). The summed E-state index contributed by atoms with van der Waals surface area (Å²) in [5.74, 6) is 0. The largest absolute Gasteiger partial charge is 0.368 e. The van der Waals surface area contributed by atoms with E-state index in [2.05, 4.69) is 55.2 Å². The molecule has 3 nitrogen and oxygen atoms in total. The van der Waals surface area contributed by atoms with Gasteiger partial charge in [0, 0.05) is 29.7 Å². The second-order valence-corrected chi connectivity index (χ2v) is 5.13. The normalized spacial score (nSPS) is 12.0. The zero-order valence-electron chi connectivity index (χ0n) is 10.8. The molecule has 17 heavy (non-hydrogen) atoms. The van der Waals surface area contributed by atoms with Crippen molar-refractivity contribution in [3.8, 4) is 0 Å². The summed E-state index contributed by atoms with van der Waals surface area (Å²) in [5.41, 5.74) is 8.17. The van der Waals surface area contributed by atoms with Crippen LogP contribution < -0.4 is 10.6 Å². The maximum absolute atomic E-state index is 5.68. The van der Waals surface area contributed by atoms with Crippen LogP contribution in [-0.2, 0) is 0 Å². The van der Waals surface area contributed by atoms with Crippen molar-refractivity contribution in [3.63, 3.8) is 0 Å². The Morgan fingerprint density at radius 3 is 2.71 bits per heavy atom. The van der Waals surface area contributed by atoms with Crippen LogP contribution in [0.1, 0.15) is 20.3 Å².